The van der Waals surface area contributed by atoms with E-state index < -0.39 is 17.8 Å². The minimum Gasteiger partial charge on any atom is -0.497 e. The van der Waals surface area contributed by atoms with Gasteiger partial charge in [-0.3, -0.25) is 0 Å². The van der Waals surface area contributed by atoms with Gasteiger partial charge in [0.25, 0.3) is 0 Å². The number of hydrogen-bond donors (Lipinski definition) is 2. The highest BCUT2D eigenvalue weighted by Gasteiger charge is 2.35. The number of ether oxygens (including phenoxy) is 1. The first kappa shape index (κ1) is 17.0. The first-order chi connectivity index (χ1) is 7.90. The lowest BCUT2D eigenvalue weighted by atomic mass is 9.98. The first-order valence-corrected chi connectivity index (χ1v) is 5.11. The lowest BCUT2D eigenvalue weighted by Crippen LogP contribution is -2.20. The van der Waals surface area contributed by atoms with Crippen LogP contribution in [-0.4, -0.2) is 13.7 Å². The molecule has 0 aliphatic rings. The van der Waals surface area contributed by atoms with Crippen molar-refractivity contribution in [3.05, 3.63) is 29.3 Å². The Balaban J connectivity index is 0.00000289. The van der Waals surface area contributed by atoms with Crippen LogP contribution in [0.2, 0.25) is 0 Å². The summed E-state index contributed by atoms with van der Waals surface area (Å²) in [7, 11) is 1.31. The van der Waals surface area contributed by atoms with Crippen molar-refractivity contribution in [3.63, 3.8) is 0 Å². The number of nitrogens with two attached hydrogens (primary N) is 2. The second-order valence-electron chi connectivity index (χ2n) is 3.63. The Morgan fingerprint density at radius 2 is 1.94 bits per heavy atom. The van der Waals surface area contributed by atoms with Gasteiger partial charge in [0.2, 0.25) is 0 Å². The van der Waals surface area contributed by atoms with E-state index in [1.165, 1.54) is 19.2 Å². The number of halogens is 4. The zero-order chi connectivity index (χ0) is 13.1. The smallest absolute Gasteiger partial charge is 0.416 e. The van der Waals surface area contributed by atoms with Crippen molar-refractivity contribution in [1.29, 1.82) is 0 Å². The molecule has 7 heteroatoms. The summed E-state index contributed by atoms with van der Waals surface area (Å²) >= 11 is 0. The van der Waals surface area contributed by atoms with E-state index in [-0.39, 0.29) is 30.3 Å². The number of alkyl halides is 3. The van der Waals surface area contributed by atoms with Crippen LogP contribution in [0.5, 0.6) is 5.75 Å². The van der Waals surface area contributed by atoms with Gasteiger partial charge in [0.05, 0.1) is 12.7 Å². The van der Waals surface area contributed by atoms with Crippen LogP contribution in [0.1, 0.15) is 23.6 Å². The van der Waals surface area contributed by atoms with Crippen LogP contribution >= 0.6 is 12.4 Å². The Hall–Kier alpha value is -0.980. The maximum atomic E-state index is 12.8. The molecule has 18 heavy (non-hydrogen) atoms. The molecule has 1 rings (SSSR count). The van der Waals surface area contributed by atoms with Gasteiger partial charge < -0.3 is 16.2 Å². The summed E-state index contributed by atoms with van der Waals surface area (Å²) in [5, 5.41) is 0. The zero-order valence-electron chi connectivity index (χ0n) is 9.83. The topological polar surface area (TPSA) is 61.3 Å². The van der Waals surface area contributed by atoms with E-state index in [0.717, 1.165) is 6.07 Å². The maximum Gasteiger partial charge on any atom is 0.416 e. The molecule has 0 saturated heterocycles. The summed E-state index contributed by atoms with van der Waals surface area (Å²) in [5.74, 6) is 0.154. The van der Waals surface area contributed by atoms with Crippen LogP contribution in [0, 0.1) is 0 Å². The van der Waals surface area contributed by atoms with Crippen LogP contribution in [0.4, 0.5) is 13.2 Å². The SMILES string of the molecule is COc1ccc([C@@H](N)CCN)c(C(F)(F)F)c1.Cl. The van der Waals surface area contributed by atoms with Crippen molar-refractivity contribution in [3.8, 4) is 5.75 Å². The normalized spacial score (nSPS) is 12.8. The predicted octanol–water partition coefficient (Wildman–Crippen LogP) is 2.48. The Labute approximate surface area is 110 Å². The molecule has 0 saturated carbocycles. The van der Waals surface area contributed by atoms with Crippen LogP contribution < -0.4 is 16.2 Å². The Bertz CT molecular complexity index is 385. The van der Waals surface area contributed by atoms with Gasteiger partial charge in [-0.15, -0.1) is 12.4 Å². The molecule has 0 spiro atoms. The Kier molecular flexibility index (Phi) is 6.45. The molecular formula is C11H16ClF3N2O. The van der Waals surface area contributed by atoms with Gasteiger partial charge in [-0.1, -0.05) is 6.07 Å². The molecule has 0 aliphatic carbocycles. The third kappa shape index (κ3) is 4.04. The standard InChI is InChI=1S/C11H15F3N2O.ClH/c1-17-7-2-3-8(10(16)4-5-15)9(6-7)11(12,13)14;/h2-3,6,10H,4-5,15-16H2,1H3;1H/t10-;/m0./s1. The lowest BCUT2D eigenvalue weighted by molar-refractivity contribution is -0.138. The molecular weight excluding hydrogens is 269 g/mol. The van der Waals surface area contributed by atoms with Gasteiger partial charge in [-0.2, -0.15) is 13.2 Å². The van der Waals surface area contributed by atoms with Crippen LogP contribution in [-0.2, 0) is 6.18 Å². The van der Waals surface area contributed by atoms with Crippen molar-refractivity contribution < 1.29 is 17.9 Å². The van der Waals surface area contributed by atoms with Gasteiger partial charge in [-0.25, -0.2) is 0 Å². The fourth-order valence-electron chi connectivity index (χ4n) is 1.57. The van der Waals surface area contributed by atoms with Crippen molar-refractivity contribution in [2.45, 2.75) is 18.6 Å². The highest BCUT2D eigenvalue weighted by atomic mass is 35.5. The van der Waals surface area contributed by atoms with Crippen LogP contribution in [0.3, 0.4) is 0 Å². The quantitative estimate of drug-likeness (QED) is 0.893. The number of methoxy groups -OCH3 is 1. The summed E-state index contributed by atoms with van der Waals surface area (Å²) in [6, 6.07) is 3.02. The van der Waals surface area contributed by atoms with Crippen LogP contribution in [0.15, 0.2) is 18.2 Å². The Morgan fingerprint density at radius 1 is 1.33 bits per heavy atom. The third-order valence-corrected chi connectivity index (χ3v) is 2.44. The van der Waals surface area contributed by atoms with Crippen molar-refractivity contribution >= 4 is 12.4 Å². The third-order valence-electron chi connectivity index (χ3n) is 2.44. The molecule has 0 unspecified atom stereocenters. The van der Waals surface area contributed by atoms with E-state index in [4.69, 9.17) is 16.2 Å². The summed E-state index contributed by atoms with van der Waals surface area (Å²) in [6.45, 7) is 0.241. The van der Waals surface area contributed by atoms with E-state index >= 15 is 0 Å². The molecule has 4 N–H and O–H groups in total. The summed E-state index contributed by atoms with van der Waals surface area (Å²) < 4.78 is 43.2. The monoisotopic (exact) mass is 284 g/mol. The summed E-state index contributed by atoms with van der Waals surface area (Å²) in [5.41, 5.74) is 10.2. The molecule has 1 aromatic carbocycles. The van der Waals surface area contributed by atoms with E-state index in [1.807, 2.05) is 0 Å². The molecule has 0 radical (unpaired) electrons. The minimum absolute atomic E-state index is 0. The first-order valence-electron chi connectivity index (χ1n) is 5.11. The van der Waals surface area contributed by atoms with Crippen LogP contribution in [0.25, 0.3) is 0 Å². The van der Waals surface area contributed by atoms with Gasteiger partial charge in [0.15, 0.2) is 0 Å². The van der Waals surface area contributed by atoms with Gasteiger partial charge in [0, 0.05) is 6.04 Å². The molecule has 1 aromatic rings. The van der Waals surface area contributed by atoms with Crippen molar-refractivity contribution in [1.82, 2.24) is 0 Å². The highest BCUT2D eigenvalue weighted by molar-refractivity contribution is 5.85. The summed E-state index contributed by atoms with van der Waals surface area (Å²) in [6.07, 6.45) is -4.15. The van der Waals surface area contributed by atoms with E-state index in [1.54, 1.807) is 0 Å². The molecule has 0 fully saturated rings. The Morgan fingerprint density at radius 3 is 2.39 bits per heavy atom. The number of rotatable bonds is 4. The maximum absolute atomic E-state index is 12.8. The lowest BCUT2D eigenvalue weighted by Gasteiger charge is -2.18. The van der Waals surface area contributed by atoms with Crippen molar-refractivity contribution in [2.24, 2.45) is 11.5 Å². The second kappa shape index (κ2) is 6.82. The second-order valence-corrected chi connectivity index (χ2v) is 3.63. The molecule has 3 nitrogen and oxygen atoms in total. The highest BCUT2D eigenvalue weighted by Crippen LogP contribution is 2.36. The zero-order valence-corrected chi connectivity index (χ0v) is 10.6. The molecule has 0 aromatic heterocycles. The van der Waals surface area contributed by atoms with E-state index in [9.17, 15) is 13.2 Å². The van der Waals surface area contributed by atoms with Gasteiger partial charge >= 0.3 is 6.18 Å². The van der Waals surface area contributed by atoms with E-state index in [2.05, 4.69) is 0 Å². The minimum atomic E-state index is -4.45. The molecule has 0 heterocycles. The molecule has 0 bridgehead atoms. The molecule has 1 atom stereocenters. The molecule has 104 valence electrons. The van der Waals surface area contributed by atoms with E-state index in [0.29, 0.717) is 6.42 Å². The average molecular weight is 285 g/mol. The average Bonchev–Trinajstić information content (AvgIpc) is 2.27. The van der Waals surface area contributed by atoms with Gasteiger partial charge in [-0.05, 0) is 30.7 Å². The predicted molar refractivity (Wildman–Crippen MR) is 65.8 cm³/mol. The molecule has 0 aliphatic heterocycles. The molecule has 0 amide bonds. The number of hydrogen-bond acceptors (Lipinski definition) is 3. The van der Waals surface area contributed by atoms with Gasteiger partial charge in [0.1, 0.15) is 5.75 Å². The van der Waals surface area contributed by atoms with Crippen molar-refractivity contribution in [2.75, 3.05) is 13.7 Å². The summed E-state index contributed by atoms with van der Waals surface area (Å²) in [4.78, 5) is 0. The fraction of sp³-hybridized carbons (Fsp3) is 0.455. The number of benzene rings is 1. The fourth-order valence-corrected chi connectivity index (χ4v) is 1.57. The largest absolute Gasteiger partial charge is 0.497 e.